The van der Waals surface area contributed by atoms with Crippen molar-refractivity contribution in [2.75, 3.05) is 0 Å². The molecule has 0 spiro atoms. The minimum Gasteiger partial charge on any atom is -0.481 e. The molecule has 4 nitrogen and oxygen atoms in total. The maximum atomic E-state index is 12.7. The predicted octanol–water partition coefficient (Wildman–Crippen LogP) is 8.09. The minimum atomic E-state index is -0.728. The summed E-state index contributed by atoms with van der Waals surface area (Å²) in [5, 5.41) is 19.2. The van der Waals surface area contributed by atoms with Gasteiger partial charge in [0.1, 0.15) is 0 Å². The van der Waals surface area contributed by atoms with Crippen LogP contribution in [0.4, 0.5) is 0 Å². The van der Waals surface area contributed by atoms with Crippen molar-refractivity contribution >= 4 is 11.9 Å². The Morgan fingerprint density at radius 2 is 1.10 bits per heavy atom. The molecule has 30 heavy (non-hydrogen) atoms. The summed E-state index contributed by atoms with van der Waals surface area (Å²) in [5.41, 5.74) is -0.626. The van der Waals surface area contributed by atoms with Gasteiger partial charge in [-0.05, 0) is 37.5 Å². The van der Waals surface area contributed by atoms with Gasteiger partial charge < -0.3 is 10.2 Å². The van der Waals surface area contributed by atoms with Crippen molar-refractivity contribution in [3.8, 4) is 0 Å². The van der Waals surface area contributed by atoms with Gasteiger partial charge in [-0.3, -0.25) is 9.59 Å². The molecule has 0 aliphatic heterocycles. The van der Waals surface area contributed by atoms with Gasteiger partial charge in [-0.15, -0.1) is 0 Å². The number of aliphatic carboxylic acids is 2. The molecule has 0 aromatic rings. The Kier molecular flexibility index (Phi) is 17.0. The van der Waals surface area contributed by atoms with Crippen LogP contribution in [0.5, 0.6) is 0 Å². The number of carbonyl (C=O) groups is 2. The summed E-state index contributed by atoms with van der Waals surface area (Å²) >= 11 is 0. The first-order valence-corrected chi connectivity index (χ1v) is 12.8. The zero-order valence-corrected chi connectivity index (χ0v) is 20.4. The fourth-order valence-corrected chi connectivity index (χ4v) is 5.00. The number of hydrogen-bond acceptors (Lipinski definition) is 2. The molecule has 0 bridgehead atoms. The molecule has 0 rings (SSSR count). The van der Waals surface area contributed by atoms with Crippen molar-refractivity contribution in [2.24, 2.45) is 17.3 Å². The van der Waals surface area contributed by atoms with Crippen molar-refractivity contribution in [3.63, 3.8) is 0 Å². The van der Waals surface area contributed by atoms with E-state index in [9.17, 15) is 14.7 Å². The first kappa shape index (κ1) is 28.9. The smallest absolute Gasteiger partial charge is 0.310 e. The lowest BCUT2D eigenvalue weighted by molar-refractivity contribution is -0.158. The third-order valence-electron chi connectivity index (χ3n) is 7.12. The summed E-state index contributed by atoms with van der Waals surface area (Å²) in [7, 11) is 0. The van der Waals surface area contributed by atoms with Crippen LogP contribution in [0.15, 0.2) is 0 Å². The molecule has 4 heteroatoms. The maximum absolute atomic E-state index is 12.7. The number of hydrogen-bond donors (Lipinski definition) is 2. The highest BCUT2D eigenvalue weighted by Crippen LogP contribution is 2.46. The maximum Gasteiger partial charge on any atom is 0.310 e. The Balaban J connectivity index is 4.94. The second kappa shape index (κ2) is 17.6. The lowest BCUT2D eigenvalue weighted by Crippen LogP contribution is -2.43. The summed E-state index contributed by atoms with van der Waals surface area (Å²) < 4.78 is 0. The Labute approximate surface area is 186 Å². The zero-order chi connectivity index (χ0) is 22.8. The highest BCUT2D eigenvalue weighted by molar-refractivity contribution is 5.75. The summed E-state index contributed by atoms with van der Waals surface area (Å²) in [5.74, 6) is -0.937. The van der Waals surface area contributed by atoms with Crippen LogP contribution in [0.3, 0.4) is 0 Å². The van der Waals surface area contributed by atoms with Gasteiger partial charge in [0, 0.05) is 6.42 Å². The Bertz CT molecular complexity index is 428. The van der Waals surface area contributed by atoms with Crippen molar-refractivity contribution in [2.45, 2.75) is 137 Å². The molecule has 0 amide bonds. The number of carboxylic acids is 2. The van der Waals surface area contributed by atoms with Crippen LogP contribution < -0.4 is 0 Å². The molecule has 2 atom stereocenters. The van der Waals surface area contributed by atoms with Gasteiger partial charge in [0.05, 0.1) is 5.41 Å². The highest BCUT2D eigenvalue weighted by atomic mass is 16.4. The first-order valence-electron chi connectivity index (χ1n) is 12.8. The number of unbranched alkanes of at least 4 members (excludes halogenated alkanes) is 10. The van der Waals surface area contributed by atoms with Crippen LogP contribution in [0.2, 0.25) is 0 Å². The topological polar surface area (TPSA) is 74.6 Å². The van der Waals surface area contributed by atoms with Crippen molar-refractivity contribution < 1.29 is 19.8 Å². The molecule has 0 radical (unpaired) electrons. The fraction of sp³-hybridized carbons (Fsp3) is 0.923. The first-order chi connectivity index (χ1) is 14.3. The molecule has 2 unspecified atom stereocenters. The standard InChI is InChI=1S/C26H50O4/c1-5-7-9-14-18-22(3)26(25(29)30,23(4)19-15-10-8-6-2)21-17-13-11-12-16-20-24(27)28/h22-23H,5-21H2,1-4H3,(H,27,28)(H,29,30). The largest absolute Gasteiger partial charge is 0.481 e. The molecule has 178 valence electrons. The van der Waals surface area contributed by atoms with Crippen molar-refractivity contribution in [3.05, 3.63) is 0 Å². The van der Waals surface area contributed by atoms with Gasteiger partial charge >= 0.3 is 11.9 Å². The molecule has 0 aliphatic rings. The average Bonchev–Trinajstić information content (AvgIpc) is 2.70. The van der Waals surface area contributed by atoms with Crippen LogP contribution in [-0.4, -0.2) is 22.2 Å². The van der Waals surface area contributed by atoms with E-state index in [2.05, 4.69) is 27.7 Å². The van der Waals surface area contributed by atoms with Crippen LogP contribution in [0.1, 0.15) is 137 Å². The van der Waals surface area contributed by atoms with E-state index in [-0.39, 0.29) is 18.3 Å². The van der Waals surface area contributed by atoms with Gasteiger partial charge in [-0.1, -0.05) is 105 Å². The zero-order valence-electron chi connectivity index (χ0n) is 20.4. The molecule has 0 saturated heterocycles. The monoisotopic (exact) mass is 426 g/mol. The summed E-state index contributed by atoms with van der Waals surface area (Å²) in [6, 6.07) is 0. The van der Waals surface area contributed by atoms with E-state index < -0.39 is 17.4 Å². The van der Waals surface area contributed by atoms with Crippen LogP contribution in [-0.2, 0) is 9.59 Å². The van der Waals surface area contributed by atoms with Gasteiger partial charge in [0.25, 0.3) is 0 Å². The highest BCUT2D eigenvalue weighted by Gasteiger charge is 2.46. The molecule has 0 fully saturated rings. The van der Waals surface area contributed by atoms with E-state index in [1.54, 1.807) is 0 Å². The molecular weight excluding hydrogens is 376 g/mol. The van der Waals surface area contributed by atoms with Crippen molar-refractivity contribution in [1.29, 1.82) is 0 Å². The third kappa shape index (κ3) is 11.4. The lowest BCUT2D eigenvalue weighted by atomic mass is 9.62. The molecule has 0 heterocycles. The Morgan fingerprint density at radius 3 is 1.53 bits per heavy atom. The predicted molar refractivity (Wildman–Crippen MR) is 126 cm³/mol. The van der Waals surface area contributed by atoms with Gasteiger partial charge in [0.15, 0.2) is 0 Å². The van der Waals surface area contributed by atoms with Crippen LogP contribution >= 0.6 is 0 Å². The number of carboxylic acid groups (broad SMARTS) is 2. The summed E-state index contributed by atoms with van der Waals surface area (Å²) in [6.45, 7) is 8.77. The summed E-state index contributed by atoms with van der Waals surface area (Å²) in [6.07, 6.45) is 17.1. The molecule has 0 aromatic heterocycles. The quantitative estimate of drug-likeness (QED) is 0.182. The van der Waals surface area contributed by atoms with Gasteiger partial charge in [-0.2, -0.15) is 0 Å². The third-order valence-corrected chi connectivity index (χ3v) is 7.12. The van der Waals surface area contributed by atoms with Crippen LogP contribution in [0.25, 0.3) is 0 Å². The van der Waals surface area contributed by atoms with Gasteiger partial charge in [0.2, 0.25) is 0 Å². The second-order valence-electron chi connectivity index (χ2n) is 9.51. The van der Waals surface area contributed by atoms with E-state index in [0.717, 1.165) is 64.2 Å². The average molecular weight is 427 g/mol. The van der Waals surface area contributed by atoms with E-state index in [4.69, 9.17) is 5.11 Å². The Morgan fingerprint density at radius 1 is 0.667 bits per heavy atom. The molecule has 0 aromatic carbocycles. The normalized spacial score (nSPS) is 15.5. The molecule has 2 N–H and O–H groups in total. The van der Waals surface area contributed by atoms with E-state index >= 15 is 0 Å². The lowest BCUT2D eigenvalue weighted by Gasteiger charge is -2.41. The van der Waals surface area contributed by atoms with E-state index in [0.29, 0.717) is 0 Å². The van der Waals surface area contributed by atoms with E-state index in [1.807, 2.05) is 0 Å². The molecular formula is C26H50O4. The molecule has 0 saturated carbocycles. The summed E-state index contributed by atoms with van der Waals surface area (Å²) in [4.78, 5) is 23.3. The Hall–Kier alpha value is -1.06. The van der Waals surface area contributed by atoms with Gasteiger partial charge in [-0.25, -0.2) is 0 Å². The second-order valence-corrected chi connectivity index (χ2v) is 9.51. The fourth-order valence-electron chi connectivity index (χ4n) is 5.00. The van der Waals surface area contributed by atoms with Crippen molar-refractivity contribution in [1.82, 2.24) is 0 Å². The number of rotatable bonds is 21. The van der Waals surface area contributed by atoms with Crippen LogP contribution in [0, 0.1) is 17.3 Å². The molecule has 0 aliphatic carbocycles. The SMILES string of the molecule is CCCCCCC(C)C(CCCCCCCC(=O)O)(C(=O)O)C(C)CCCCCC. The minimum absolute atomic E-state index is 0.194. The van der Waals surface area contributed by atoms with E-state index in [1.165, 1.54) is 38.5 Å².